The van der Waals surface area contributed by atoms with Crippen LogP contribution < -0.4 is 9.47 Å². The number of para-hydroxylation sites is 1. The third-order valence-corrected chi connectivity index (χ3v) is 7.38. The maximum Gasteiger partial charge on any atom is 0.421 e. The summed E-state index contributed by atoms with van der Waals surface area (Å²) in [7, 11) is 0. The summed E-state index contributed by atoms with van der Waals surface area (Å²) in [6, 6.07) is 6.12. The number of carbonyl (C=O) groups excluding carboxylic acids is 1. The second kappa shape index (κ2) is 10.00. The van der Waals surface area contributed by atoms with Gasteiger partial charge in [-0.05, 0) is 75.6 Å². The number of piperidine rings is 1. The molecule has 2 heterocycles. The normalized spacial score (nSPS) is 25.6. The van der Waals surface area contributed by atoms with Gasteiger partial charge in [0.15, 0.2) is 17.3 Å². The molecule has 1 saturated carbocycles. The minimum Gasteiger partial charge on any atom is -0.454 e. The number of ketones is 1. The van der Waals surface area contributed by atoms with Crippen molar-refractivity contribution in [2.45, 2.75) is 69.6 Å². The predicted molar refractivity (Wildman–Crippen MR) is 113 cm³/mol. The van der Waals surface area contributed by atoms with Gasteiger partial charge in [0.2, 0.25) is 12.9 Å². The topological polar surface area (TPSA) is 59.0 Å². The van der Waals surface area contributed by atoms with E-state index in [2.05, 4.69) is 11.0 Å². The van der Waals surface area contributed by atoms with Crippen LogP contribution in [0.1, 0.15) is 62.8 Å². The van der Waals surface area contributed by atoms with E-state index in [1.54, 1.807) is 0 Å². The molecular weight excluding hydrogens is 423 g/mol. The van der Waals surface area contributed by atoms with Gasteiger partial charge in [-0.2, -0.15) is 13.2 Å². The first kappa shape index (κ1) is 23.4. The van der Waals surface area contributed by atoms with Gasteiger partial charge in [0, 0.05) is 12.0 Å². The molecule has 0 spiro atoms. The number of fused-ring (bicyclic) bond motifs is 1. The van der Waals surface area contributed by atoms with Crippen molar-refractivity contribution in [1.82, 2.24) is 4.90 Å². The lowest BCUT2D eigenvalue weighted by Crippen LogP contribution is -2.37. The molecule has 1 aromatic carbocycles. The summed E-state index contributed by atoms with van der Waals surface area (Å²) >= 11 is 0. The lowest BCUT2D eigenvalue weighted by Gasteiger charge is -2.34. The van der Waals surface area contributed by atoms with Gasteiger partial charge >= 0.3 is 6.18 Å². The van der Waals surface area contributed by atoms with Crippen molar-refractivity contribution in [3.05, 3.63) is 23.8 Å². The summed E-state index contributed by atoms with van der Waals surface area (Å²) in [5.41, 5.74) is 1.25. The molecular formula is C24H32F3NO4. The third kappa shape index (κ3) is 5.57. The van der Waals surface area contributed by atoms with Crippen molar-refractivity contribution in [3.63, 3.8) is 0 Å². The molecule has 1 aromatic rings. The first-order valence-electron chi connectivity index (χ1n) is 11.7. The number of aliphatic hydroxyl groups is 1. The molecule has 8 heteroatoms. The van der Waals surface area contributed by atoms with Gasteiger partial charge in [-0.3, -0.25) is 4.79 Å². The van der Waals surface area contributed by atoms with Gasteiger partial charge in [-0.25, -0.2) is 0 Å². The number of nitrogens with zero attached hydrogens (tertiary/aromatic N) is 1. The summed E-state index contributed by atoms with van der Waals surface area (Å²) in [4.78, 5) is 14.2. The van der Waals surface area contributed by atoms with E-state index in [1.807, 2.05) is 12.1 Å². The van der Waals surface area contributed by atoms with Crippen LogP contribution in [0.4, 0.5) is 13.2 Å². The Morgan fingerprint density at radius 2 is 1.75 bits per heavy atom. The molecule has 0 radical (unpaired) electrons. The highest BCUT2D eigenvalue weighted by atomic mass is 19.4. The Hall–Kier alpha value is -1.80. The zero-order valence-electron chi connectivity index (χ0n) is 18.3. The van der Waals surface area contributed by atoms with Crippen LogP contribution in [0.25, 0.3) is 0 Å². The number of hydrogen-bond acceptors (Lipinski definition) is 5. The monoisotopic (exact) mass is 455 g/mol. The summed E-state index contributed by atoms with van der Waals surface area (Å²) in [5.74, 6) is 1.67. The molecule has 0 amide bonds. The number of likely N-dealkylation sites (tertiary alicyclic amines) is 1. The minimum atomic E-state index is -4.86. The van der Waals surface area contributed by atoms with E-state index in [9.17, 15) is 18.0 Å². The van der Waals surface area contributed by atoms with Gasteiger partial charge in [-0.1, -0.05) is 25.0 Å². The highest BCUT2D eigenvalue weighted by molar-refractivity contribution is 5.83. The molecule has 1 N–H and O–H groups in total. The summed E-state index contributed by atoms with van der Waals surface area (Å²) in [5, 5.41) is 9.11. The lowest BCUT2D eigenvalue weighted by molar-refractivity contribution is -0.204. The van der Waals surface area contributed by atoms with Crippen molar-refractivity contribution in [1.29, 1.82) is 0 Å². The van der Waals surface area contributed by atoms with Crippen LogP contribution in [0.2, 0.25) is 0 Å². The van der Waals surface area contributed by atoms with Crippen LogP contribution >= 0.6 is 0 Å². The fourth-order valence-corrected chi connectivity index (χ4v) is 5.41. The maximum atomic E-state index is 12.5. The highest BCUT2D eigenvalue weighted by Crippen LogP contribution is 2.42. The molecule has 4 rings (SSSR count). The smallest absolute Gasteiger partial charge is 0.421 e. The summed E-state index contributed by atoms with van der Waals surface area (Å²) in [6.07, 6.45) is -1.15. The van der Waals surface area contributed by atoms with Crippen molar-refractivity contribution in [2.24, 2.45) is 11.8 Å². The quantitative estimate of drug-likeness (QED) is 0.647. The Morgan fingerprint density at radius 1 is 1.06 bits per heavy atom. The van der Waals surface area contributed by atoms with Crippen molar-refractivity contribution in [2.75, 3.05) is 26.4 Å². The number of benzene rings is 1. The number of rotatable bonds is 7. The molecule has 3 aliphatic rings. The second-order valence-corrected chi connectivity index (χ2v) is 9.49. The fraction of sp³-hybridized carbons (Fsp3) is 0.708. The van der Waals surface area contributed by atoms with Crippen LogP contribution in [0, 0.1) is 11.8 Å². The Labute approximate surface area is 186 Å². The van der Waals surface area contributed by atoms with Gasteiger partial charge in [-0.15, -0.1) is 0 Å². The van der Waals surface area contributed by atoms with E-state index in [0.717, 1.165) is 76.1 Å². The van der Waals surface area contributed by atoms with E-state index < -0.39 is 18.1 Å². The molecule has 178 valence electrons. The van der Waals surface area contributed by atoms with Crippen LogP contribution in [0.15, 0.2) is 18.2 Å². The summed E-state index contributed by atoms with van der Waals surface area (Å²) in [6.45, 7) is 3.44. The first-order chi connectivity index (χ1) is 15.3. The zero-order valence-corrected chi connectivity index (χ0v) is 18.3. The van der Waals surface area contributed by atoms with E-state index in [4.69, 9.17) is 14.6 Å². The van der Waals surface area contributed by atoms with Crippen molar-refractivity contribution in [3.8, 4) is 11.5 Å². The Balaban J connectivity index is 1.15. The number of ether oxygens (including phenoxy) is 2. The van der Waals surface area contributed by atoms with Crippen LogP contribution in [-0.4, -0.2) is 54.5 Å². The van der Waals surface area contributed by atoms with E-state index in [1.165, 1.54) is 5.56 Å². The van der Waals surface area contributed by atoms with Crippen LogP contribution in [0.5, 0.6) is 11.5 Å². The molecule has 1 atom stereocenters. The first-order valence-corrected chi connectivity index (χ1v) is 11.7. The minimum absolute atomic E-state index is 0.0368. The van der Waals surface area contributed by atoms with E-state index in [0.29, 0.717) is 18.6 Å². The van der Waals surface area contributed by atoms with E-state index >= 15 is 0 Å². The largest absolute Gasteiger partial charge is 0.454 e. The Bertz CT molecular complexity index is 784. The molecule has 32 heavy (non-hydrogen) atoms. The zero-order chi connectivity index (χ0) is 22.7. The van der Waals surface area contributed by atoms with Gasteiger partial charge in [0.1, 0.15) is 0 Å². The fourth-order valence-electron chi connectivity index (χ4n) is 5.41. The summed E-state index contributed by atoms with van der Waals surface area (Å²) < 4.78 is 48.6. The van der Waals surface area contributed by atoms with Gasteiger partial charge in [0.05, 0.1) is 0 Å². The Kier molecular flexibility index (Phi) is 7.30. The van der Waals surface area contributed by atoms with Crippen molar-refractivity contribution >= 4 is 5.78 Å². The number of Topliss-reactive ketones (excluding diaryl/α,β-unsaturated/α-hetero) is 1. The highest BCUT2D eigenvalue weighted by Gasteiger charge is 2.43. The Morgan fingerprint density at radius 3 is 2.44 bits per heavy atom. The molecule has 2 aliphatic heterocycles. The van der Waals surface area contributed by atoms with Crippen LogP contribution in [-0.2, 0) is 4.79 Å². The average Bonchev–Trinajstić information content (AvgIpc) is 3.27. The second-order valence-electron chi connectivity index (χ2n) is 9.49. The predicted octanol–water partition coefficient (Wildman–Crippen LogP) is 4.67. The molecule has 0 aromatic heterocycles. The molecule has 1 aliphatic carbocycles. The number of halogens is 3. The molecule has 1 saturated heterocycles. The SMILES string of the molecule is O=C(CC1CCC(CCN2CCC(c3cccc4c3OCO4)CC2)CC1)[C@H](O)C(F)(F)F. The molecule has 0 bridgehead atoms. The maximum absolute atomic E-state index is 12.5. The molecule has 5 nitrogen and oxygen atoms in total. The molecule has 2 fully saturated rings. The number of aliphatic hydroxyl groups excluding tert-OH is 1. The van der Waals surface area contributed by atoms with Gasteiger partial charge in [0.25, 0.3) is 0 Å². The number of alkyl halides is 3. The lowest BCUT2D eigenvalue weighted by atomic mass is 9.78. The van der Waals surface area contributed by atoms with Crippen LogP contribution in [0.3, 0.4) is 0 Å². The van der Waals surface area contributed by atoms with E-state index in [-0.39, 0.29) is 12.3 Å². The molecule has 0 unspecified atom stereocenters. The number of carbonyl (C=O) groups is 1. The van der Waals surface area contributed by atoms with Gasteiger partial charge < -0.3 is 19.5 Å². The third-order valence-electron chi connectivity index (χ3n) is 7.38. The van der Waals surface area contributed by atoms with Crippen molar-refractivity contribution < 1.29 is 32.5 Å². The standard InChI is InChI=1S/C24H32F3NO4/c25-24(26,27)23(30)20(29)14-17-6-4-16(5-7-17)8-11-28-12-9-18(10-13-28)19-2-1-3-21-22(19)32-15-31-21/h1-3,16-18,23,30H,4-15H2/t16?,17?,23-/m0/s1. The number of hydrogen-bond donors (Lipinski definition) is 1. The average molecular weight is 456 g/mol.